The minimum absolute atomic E-state index is 0.0932. The van der Waals surface area contributed by atoms with E-state index < -0.39 is 23.8 Å². The fraction of sp³-hybridized carbons (Fsp3) is 0.476. The molecule has 29 heavy (non-hydrogen) atoms. The molecule has 0 bridgehead atoms. The van der Waals surface area contributed by atoms with E-state index in [1.807, 2.05) is 36.7 Å². The lowest BCUT2D eigenvalue weighted by Crippen LogP contribution is -2.47. The van der Waals surface area contributed by atoms with Crippen LogP contribution in [0.25, 0.3) is 10.4 Å². The van der Waals surface area contributed by atoms with Gasteiger partial charge in [-0.05, 0) is 38.8 Å². The molecular weight excluding hydrogens is 390 g/mol. The lowest BCUT2D eigenvalue weighted by Gasteiger charge is -2.27. The number of aryl methyl sites for hydroxylation is 1. The molecule has 2 amide bonds. The number of aliphatic hydroxyl groups excluding tert-OH is 1. The zero-order valence-corrected chi connectivity index (χ0v) is 18.0. The average molecular weight is 418 g/mol. The van der Waals surface area contributed by atoms with Gasteiger partial charge in [0.2, 0.25) is 5.91 Å². The maximum absolute atomic E-state index is 12.7. The second kappa shape index (κ2) is 8.51. The number of ether oxygens (including phenoxy) is 1. The molecule has 1 aliphatic rings. The van der Waals surface area contributed by atoms with Crippen LogP contribution in [0.2, 0.25) is 0 Å². The van der Waals surface area contributed by atoms with Gasteiger partial charge in [0, 0.05) is 13.0 Å². The Hall–Kier alpha value is -2.45. The molecule has 3 rings (SSSR count). The molecule has 0 spiro atoms. The number of rotatable bonds is 4. The predicted octanol–water partition coefficient (Wildman–Crippen LogP) is 3.11. The van der Waals surface area contributed by atoms with E-state index in [4.69, 9.17) is 4.74 Å². The molecule has 2 aromatic rings. The van der Waals surface area contributed by atoms with Gasteiger partial charge in [-0.2, -0.15) is 0 Å². The number of hydrogen-bond acceptors (Lipinski definition) is 6. The molecule has 2 heterocycles. The van der Waals surface area contributed by atoms with Gasteiger partial charge in [0.25, 0.3) is 0 Å². The molecule has 156 valence electrons. The minimum atomic E-state index is -0.737. The standard InChI is InChI=1S/C21H27N3O4S/c1-13-18(29-12-23-13)15-7-5-14(6-8-15)10-22-19(26)17-9-16(25)11-24(17)20(27)28-21(2,3)4/h5-8,12,16-17,25H,9-11H2,1-4H3,(H,22,26)/t16-,17+/m1/s1. The van der Waals surface area contributed by atoms with Crippen molar-refractivity contribution in [2.24, 2.45) is 0 Å². The van der Waals surface area contributed by atoms with Gasteiger partial charge in [-0.15, -0.1) is 11.3 Å². The van der Waals surface area contributed by atoms with Crippen LogP contribution in [0.1, 0.15) is 38.4 Å². The van der Waals surface area contributed by atoms with Crippen molar-refractivity contribution in [3.05, 3.63) is 41.0 Å². The van der Waals surface area contributed by atoms with E-state index in [0.29, 0.717) is 6.54 Å². The first-order valence-electron chi connectivity index (χ1n) is 9.59. The minimum Gasteiger partial charge on any atom is -0.444 e. The Morgan fingerprint density at radius 2 is 2.00 bits per heavy atom. The highest BCUT2D eigenvalue weighted by Gasteiger charge is 2.40. The van der Waals surface area contributed by atoms with Gasteiger partial charge in [0.15, 0.2) is 0 Å². The van der Waals surface area contributed by atoms with E-state index >= 15 is 0 Å². The number of β-amino-alcohol motifs (C(OH)–C–C–N with tert-alkyl or cyclic N) is 1. The predicted molar refractivity (Wildman–Crippen MR) is 111 cm³/mol. The molecule has 2 N–H and O–H groups in total. The Balaban J connectivity index is 1.60. The molecular formula is C21H27N3O4S. The molecule has 0 saturated carbocycles. The quantitative estimate of drug-likeness (QED) is 0.798. The van der Waals surface area contributed by atoms with E-state index in [9.17, 15) is 14.7 Å². The Kier molecular flexibility index (Phi) is 6.24. The zero-order valence-electron chi connectivity index (χ0n) is 17.1. The smallest absolute Gasteiger partial charge is 0.411 e. The van der Waals surface area contributed by atoms with Gasteiger partial charge in [-0.25, -0.2) is 9.78 Å². The van der Waals surface area contributed by atoms with Crippen LogP contribution in [0.5, 0.6) is 0 Å². The lowest BCUT2D eigenvalue weighted by atomic mass is 10.1. The van der Waals surface area contributed by atoms with E-state index in [0.717, 1.165) is 21.7 Å². The summed E-state index contributed by atoms with van der Waals surface area (Å²) in [6.45, 7) is 7.72. The Bertz CT molecular complexity index is 873. The van der Waals surface area contributed by atoms with E-state index in [1.165, 1.54) is 4.90 Å². The van der Waals surface area contributed by atoms with Crippen molar-refractivity contribution >= 4 is 23.3 Å². The van der Waals surface area contributed by atoms with Gasteiger partial charge in [-0.3, -0.25) is 9.69 Å². The first kappa shape index (κ1) is 21.3. The molecule has 0 unspecified atom stereocenters. The first-order valence-corrected chi connectivity index (χ1v) is 10.5. The molecule has 2 atom stereocenters. The summed E-state index contributed by atoms with van der Waals surface area (Å²) < 4.78 is 5.36. The summed E-state index contributed by atoms with van der Waals surface area (Å²) >= 11 is 1.60. The van der Waals surface area contributed by atoms with Crippen molar-refractivity contribution in [3.8, 4) is 10.4 Å². The fourth-order valence-electron chi connectivity index (χ4n) is 3.24. The third-order valence-corrected chi connectivity index (χ3v) is 5.62. The van der Waals surface area contributed by atoms with E-state index in [2.05, 4.69) is 10.3 Å². The molecule has 0 radical (unpaired) electrons. The van der Waals surface area contributed by atoms with Crippen molar-refractivity contribution in [2.45, 2.75) is 58.4 Å². The fourth-order valence-corrected chi connectivity index (χ4v) is 4.06. The molecule has 1 fully saturated rings. The highest BCUT2D eigenvalue weighted by Crippen LogP contribution is 2.27. The molecule has 0 aliphatic carbocycles. The molecule has 1 aromatic heterocycles. The van der Waals surface area contributed by atoms with Gasteiger partial charge < -0.3 is 15.2 Å². The summed E-state index contributed by atoms with van der Waals surface area (Å²) in [5.74, 6) is -0.296. The third-order valence-electron chi connectivity index (χ3n) is 4.64. The summed E-state index contributed by atoms with van der Waals surface area (Å²) in [6, 6.07) is 7.20. The van der Waals surface area contributed by atoms with Crippen molar-refractivity contribution in [1.82, 2.24) is 15.2 Å². The van der Waals surface area contributed by atoms with E-state index in [-0.39, 0.29) is 18.9 Å². The number of aliphatic hydroxyl groups is 1. The SMILES string of the molecule is Cc1ncsc1-c1ccc(CNC(=O)[C@@H]2C[C@@H](O)CN2C(=O)OC(C)(C)C)cc1. The molecule has 1 saturated heterocycles. The summed E-state index contributed by atoms with van der Waals surface area (Å²) in [6.07, 6.45) is -1.12. The Morgan fingerprint density at radius 1 is 1.31 bits per heavy atom. The summed E-state index contributed by atoms with van der Waals surface area (Å²) in [5, 5.41) is 12.8. The molecule has 1 aliphatic heterocycles. The summed E-state index contributed by atoms with van der Waals surface area (Å²) in [7, 11) is 0. The molecule has 7 nitrogen and oxygen atoms in total. The van der Waals surface area contributed by atoms with Crippen LogP contribution in [-0.2, 0) is 16.1 Å². The van der Waals surface area contributed by atoms with Gasteiger partial charge in [0.1, 0.15) is 11.6 Å². The lowest BCUT2D eigenvalue weighted by molar-refractivity contribution is -0.125. The number of likely N-dealkylation sites (tertiary alicyclic amines) is 1. The maximum Gasteiger partial charge on any atom is 0.411 e. The van der Waals surface area contributed by atoms with Crippen LogP contribution in [0, 0.1) is 6.92 Å². The average Bonchev–Trinajstić information content (AvgIpc) is 3.24. The van der Waals surface area contributed by atoms with E-state index in [1.54, 1.807) is 32.1 Å². The number of nitrogens with zero attached hydrogens (tertiary/aromatic N) is 2. The van der Waals surface area contributed by atoms with Crippen LogP contribution in [0.15, 0.2) is 29.8 Å². The number of aromatic nitrogens is 1. The normalized spacial score (nSPS) is 19.3. The highest BCUT2D eigenvalue weighted by molar-refractivity contribution is 7.13. The van der Waals surface area contributed by atoms with Crippen LogP contribution in [0.3, 0.4) is 0 Å². The third kappa shape index (κ3) is 5.33. The molecule has 8 heteroatoms. The zero-order chi connectivity index (χ0) is 21.2. The monoisotopic (exact) mass is 417 g/mol. The molecule has 1 aromatic carbocycles. The summed E-state index contributed by atoms with van der Waals surface area (Å²) in [4.78, 5) is 31.8. The van der Waals surface area contributed by atoms with Crippen LogP contribution in [0.4, 0.5) is 4.79 Å². The van der Waals surface area contributed by atoms with Crippen molar-refractivity contribution in [3.63, 3.8) is 0 Å². The topological polar surface area (TPSA) is 91.8 Å². The van der Waals surface area contributed by atoms with Crippen molar-refractivity contribution in [2.75, 3.05) is 6.54 Å². The number of nitrogens with one attached hydrogen (secondary N) is 1. The number of benzene rings is 1. The van der Waals surface area contributed by atoms with Gasteiger partial charge in [-0.1, -0.05) is 24.3 Å². The van der Waals surface area contributed by atoms with Crippen LogP contribution >= 0.6 is 11.3 Å². The second-order valence-electron chi connectivity index (χ2n) is 8.22. The second-order valence-corrected chi connectivity index (χ2v) is 9.07. The Morgan fingerprint density at radius 3 is 2.59 bits per heavy atom. The van der Waals surface area contributed by atoms with Crippen LogP contribution in [-0.4, -0.2) is 51.3 Å². The van der Waals surface area contributed by atoms with Crippen molar-refractivity contribution in [1.29, 1.82) is 0 Å². The van der Waals surface area contributed by atoms with Gasteiger partial charge >= 0.3 is 6.09 Å². The Labute approximate surface area is 174 Å². The number of carbonyl (C=O) groups is 2. The maximum atomic E-state index is 12.7. The largest absolute Gasteiger partial charge is 0.444 e. The van der Waals surface area contributed by atoms with Crippen molar-refractivity contribution < 1.29 is 19.4 Å². The van der Waals surface area contributed by atoms with Gasteiger partial charge in [0.05, 0.1) is 28.7 Å². The summed E-state index contributed by atoms with van der Waals surface area (Å²) in [5.41, 5.74) is 4.20. The number of thiazole rings is 1. The highest BCUT2D eigenvalue weighted by atomic mass is 32.1. The van der Waals surface area contributed by atoms with Crippen LogP contribution < -0.4 is 5.32 Å². The number of hydrogen-bond donors (Lipinski definition) is 2. The number of carbonyl (C=O) groups excluding carboxylic acids is 2. The first-order chi connectivity index (χ1) is 13.6. The number of amides is 2.